The molecular formula is C14H20N4. The van der Waals surface area contributed by atoms with Crippen LogP contribution in [0.2, 0.25) is 0 Å². The Hall–Kier alpha value is -1.68. The van der Waals surface area contributed by atoms with E-state index in [1.54, 1.807) is 0 Å². The van der Waals surface area contributed by atoms with Gasteiger partial charge in [-0.3, -0.25) is 4.57 Å². The summed E-state index contributed by atoms with van der Waals surface area (Å²) in [5.74, 6) is 1.97. The lowest BCUT2D eigenvalue weighted by Gasteiger charge is -2.14. The van der Waals surface area contributed by atoms with Crippen LogP contribution in [0.5, 0.6) is 0 Å². The van der Waals surface area contributed by atoms with Crippen molar-refractivity contribution < 1.29 is 0 Å². The highest BCUT2D eigenvalue weighted by Gasteiger charge is 2.12. The van der Waals surface area contributed by atoms with E-state index in [4.69, 9.17) is 5.73 Å². The van der Waals surface area contributed by atoms with Crippen molar-refractivity contribution in [3.8, 4) is 5.82 Å². The molecule has 0 aromatic carbocycles. The fourth-order valence-corrected chi connectivity index (χ4v) is 2.23. The standard InChI is InChI=1S/C14H20N4/c1-4-5-13-16-6-7-18(13)14-12(9-15)10(2)8-11(3)17-14/h6-8H,4-5,9,15H2,1-3H3. The minimum Gasteiger partial charge on any atom is -0.326 e. The molecule has 0 unspecified atom stereocenters. The Bertz CT molecular complexity index is 543. The molecule has 2 aromatic heterocycles. The topological polar surface area (TPSA) is 56.7 Å². The summed E-state index contributed by atoms with van der Waals surface area (Å²) < 4.78 is 2.06. The summed E-state index contributed by atoms with van der Waals surface area (Å²) in [6.45, 7) is 6.74. The third-order valence-corrected chi connectivity index (χ3v) is 3.08. The van der Waals surface area contributed by atoms with Gasteiger partial charge in [0, 0.05) is 36.6 Å². The summed E-state index contributed by atoms with van der Waals surface area (Å²) in [5.41, 5.74) is 9.15. The SMILES string of the molecule is CCCc1nccn1-c1nc(C)cc(C)c1CN. The Balaban J connectivity index is 2.58. The van der Waals surface area contributed by atoms with Gasteiger partial charge >= 0.3 is 0 Å². The number of hydrogen-bond acceptors (Lipinski definition) is 3. The first-order valence-corrected chi connectivity index (χ1v) is 6.37. The molecule has 0 aliphatic rings. The molecule has 4 heteroatoms. The molecule has 0 fully saturated rings. The molecular weight excluding hydrogens is 224 g/mol. The number of rotatable bonds is 4. The highest BCUT2D eigenvalue weighted by molar-refractivity contribution is 5.42. The van der Waals surface area contributed by atoms with Crippen molar-refractivity contribution >= 4 is 0 Å². The van der Waals surface area contributed by atoms with E-state index >= 15 is 0 Å². The van der Waals surface area contributed by atoms with E-state index in [2.05, 4.69) is 34.4 Å². The van der Waals surface area contributed by atoms with Crippen LogP contribution in [0.4, 0.5) is 0 Å². The van der Waals surface area contributed by atoms with Gasteiger partial charge in [-0.1, -0.05) is 6.92 Å². The molecule has 18 heavy (non-hydrogen) atoms. The zero-order valence-electron chi connectivity index (χ0n) is 11.3. The fraction of sp³-hybridized carbons (Fsp3) is 0.429. The second-order valence-corrected chi connectivity index (χ2v) is 4.55. The van der Waals surface area contributed by atoms with E-state index in [0.29, 0.717) is 6.54 Å². The monoisotopic (exact) mass is 244 g/mol. The second-order valence-electron chi connectivity index (χ2n) is 4.55. The summed E-state index contributed by atoms with van der Waals surface area (Å²) in [4.78, 5) is 9.03. The molecule has 2 rings (SSSR count). The lowest BCUT2D eigenvalue weighted by Crippen LogP contribution is -2.11. The van der Waals surface area contributed by atoms with Crippen molar-refractivity contribution in [1.82, 2.24) is 14.5 Å². The van der Waals surface area contributed by atoms with Gasteiger partial charge in [0.05, 0.1) is 0 Å². The Morgan fingerprint density at radius 2 is 2.11 bits per heavy atom. The fourth-order valence-electron chi connectivity index (χ4n) is 2.23. The zero-order valence-corrected chi connectivity index (χ0v) is 11.3. The van der Waals surface area contributed by atoms with Crippen molar-refractivity contribution in [2.24, 2.45) is 5.73 Å². The first kappa shape index (κ1) is 12.8. The van der Waals surface area contributed by atoms with Crippen LogP contribution in [0, 0.1) is 13.8 Å². The number of aromatic nitrogens is 3. The summed E-state index contributed by atoms with van der Waals surface area (Å²) in [6.07, 6.45) is 5.81. The minimum absolute atomic E-state index is 0.498. The molecule has 0 aliphatic heterocycles. The van der Waals surface area contributed by atoms with Crippen LogP contribution in [0.1, 0.15) is 36.0 Å². The van der Waals surface area contributed by atoms with E-state index in [-0.39, 0.29) is 0 Å². The Morgan fingerprint density at radius 3 is 2.78 bits per heavy atom. The lowest BCUT2D eigenvalue weighted by atomic mass is 10.1. The van der Waals surface area contributed by atoms with Gasteiger partial charge in [0.2, 0.25) is 0 Å². The largest absolute Gasteiger partial charge is 0.326 e. The second kappa shape index (κ2) is 5.31. The van der Waals surface area contributed by atoms with Crippen molar-refractivity contribution in [2.45, 2.75) is 40.2 Å². The predicted octanol–water partition coefficient (Wildman–Crippen LogP) is 2.30. The highest BCUT2D eigenvalue weighted by Crippen LogP contribution is 2.19. The lowest BCUT2D eigenvalue weighted by molar-refractivity contribution is 0.785. The van der Waals surface area contributed by atoms with Crippen LogP contribution in [0.25, 0.3) is 5.82 Å². The van der Waals surface area contributed by atoms with Crippen molar-refractivity contribution in [3.63, 3.8) is 0 Å². The Kier molecular flexibility index (Phi) is 3.77. The predicted molar refractivity (Wildman–Crippen MR) is 72.7 cm³/mol. The Morgan fingerprint density at radius 1 is 1.33 bits per heavy atom. The van der Waals surface area contributed by atoms with Gasteiger partial charge < -0.3 is 5.73 Å². The quantitative estimate of drug-likeness (QED) is 0.897. The first-order valence-electron chi connectivity index (χ1n) is 6.37. The smallest absolute Gasteiger partial charge is 0.143 e. The maximum atomic E-state index is 5.86. The van der Waals surface area contributed by atoms with E-state index in [1.807, 2.05) is 19.3 Å². The third-order valence-electron chi connectivity index (χ3n) is 3.08. The van der Waals surface area contributed by atoms with Crippen molar-refractivity contribution in [2.75, 3.05) is 0 Å². The van der Waals surface area contributed by atoms with Crippen LogP contribution >= 0.6 is 0 Å². The number of nitrogens with zero attached hydrogens (tertiary/aromatic N) is 3. The maximum absolute atomic E-state index is 5.86. The summed E-state index contributed by atoms with van der Waals surface area (Å²) in [6, 6.07) is 2.07. The molecule has 2 aromatic rings. The number of pyridine rings is 1. The summed E-state index contributed by atoms with van der Waals surface area (Å²) in [7, 11) is 0. The summed E-state index contributed by atoms with van der Waals surface area (Å²) >= 11 is 0. The molecule has 0 bridgehead atoms. The zero-order chi connectivity index (χ0) is 13.1. The molecule has 2 N–H and O–H groups in total. The van der Waals surface area contributed by atoms with Crippen LogP contribution < -0.4 is 5.73 Å². The van der Waals surface area contributed by atoms with E-state index in [0.717, 1.165) is 35.7 Å². The normalized spacial score (nSPS) is 10.9. The molecule has 0 radical (unpaired) electrons. The molecule has 0 spiro atoms. The van der Waals surface area contributed by atoms with Crippen LogP contribution in [-0.4, -0.2) is 14.5 Å². The molecule has 0 saturated heterocycles. The molecule has 2 heterocycles. The number of hydrogen-bond donors (Lipinski definition) is 1. The van der Waals surface area contributed by atoms with Gasteiger partial charge in [-0.2, -0.15) is 0 Å². The van der Waals surface area contributed by atoms with Gasteiger partial charge in [0.15, 0.2) is 0 Å². The molecule has 0 atom stereocenters. The van der Waals surface area contributed by atoms with Gasteiger partial charge in [-0.05, 0) is 31.9 Å². The first-order chi connectivity index (χ1) is 8.67. The molecule has 0 saturated carbocycles. The van der Waals surface area contributed by atoms with Gasteiger partial charge in [0.25, 0.3) is 0 Å². The maximum Gasteiger partial charge on any atom is 0.143 e. The van der Waals surface area contributed by atoms with Crippen LogP contribution in [0.3, 0.4) is 0 Å². The van der Waals surface area contributed by atoms with E-state index in [9.17, 15) is 0 Å². The van der Waals surface area contributed by atoms with Crippen molar-refractivity contribution in [3.05, 3.63) is 41.1 Å². The average molecular weight is 244 g/mol. The van der Waals surface area contributed by atoms with Gasteiger partial charge in [0.1, 0.15) is 11.6 Å². The number of imidazole rings is 1. The minimum atomic E-state index is 0.498. The Labute approximate surface area is 108 Å². The van der Waals surface area contributed by atoms with Gasteiger partial charge in [-0.25, -0.2) is 9.97 Å². The molecule has 96 valence electrons. The average Bonchev–Trinajstić information content (AvgIpc) is 2.76. The van der Waals surface area contributed by atoms with E-state index < -0.39 is 0 Å². The number of nitrogens with two attached hydrogens (primary N) is 1. The molecule has 0 aliphatic carbocycles. The molecule has 4 nitrogen and oxygen atoms in total. The van der Waals surface area contributed by atoms with Crippen molar-refractivity contribution in [1.29, 1.82) is 0 Å². The molecule has 0 amide bonds. The highest BCUT2D eigenvalue weighted by atomic mass is 15.1. The van der Waals surface area contributed by atoms with E-state index in [1.165, 1.54) is 5.56 Å². The van der Waals surface area contributed by atoms with Gasteiger partial charge in [-0.15, -0.1) is 0 Å². The summed E-state index contributed by atoms with van der Waals surface area (Å²) in [5, 5.41) is 0. The van der Waals surface area contributed by atoms with Crippen LogP contribution in [0.15, 0.2) is 18.5 Å². The number of aryl methyl sites for hydroxylation is 3. The van der Waals surface area contributed by atoms with Crippen LogP contribution in [-0.2, 0) is 13.0 Å². The third kappa shape index (κ3) is 2.29.